The molecule has 0 aliphatic rings. The molecule has 78 valence electrons. The first-order chi connectivity index (χ1) is 7.22. The minimum atomic E-state index is -0.329. The lowest BCUT2D eigenvalue weighted by molar-refractivity contribution is 0.0526. The van der Waals surface area contributed by atoms with Crippen molar-refractivity contribution in [3.8, 4) is 0 Å². The molecule has 1 aromatic heterocycles. The van der Waals surface area contributed by atoms with Gasteiger partial charge in [-0.05, 0) is 36.7 Å². The molecule has 5 heteroatoms. The van der Waals surface area contributed by atoms with Crippen molar-refractivity contribution < 1.29 is 9.53 Å². The first kappa shape index (κ1) is 9.92. The van der Waals surface area contributed by atoms with Crippen LogP contribution in [0, 0.1) is 0 Å². The number of carbonyl (C=O) groups is 1. The number of hydrogen-bond donors (Lipinski definition) is 1. The molecule has 2 N–H and O–H groups in total. The highest BCUT2D eigenvalue weighted by atomic mass is 32.1. The van der Waals surface area contributed by atoms with Gasteiger partial charge in [-0.1, -0.05) is 0 Å². The van der Waals surface area contributed by atoms with E-state index in [0.717, 1.165) is 10.9 Å². The number of aromatic nitrogens is 1. The van der Waals surface area contributed by atoms with E-state index in [1.54, 1.807) is 25.1 Å². The van der Waals surface area contributed by atoms with Crippen molar-refractivity contribution in [1.82, 2.24) is 4.37 Å². The second-order valence-electron chi connectivity index (χ2n) is 3.00. The Hall–Kier alpha value is -1.62. The average Bonchev–Trinajstić information content (AvgIpc) is 2.60. The molecule has 1 aromatic carbocycles. The van der Waals surface area contributed by atoms with Crippen LogP contribution < -0.4 is 5.73 Å². The Morgan fingerprint density at radius 3 is 3.13 bits per heavy atom. The number of fused-ring (bicyclic) bond motifs is 1. The average molecular weight is 222 g/mol. The van der Waals surface area contributed by atoms with Gasteiger partial charge in [0.25, 0.3) is 0 Å². The fourth-order valence-corrected chi connectivity index (χ4v) is 1.92. The Kier molecular flexibility index (Phi) is 2.55. The number of hydrogen-bond acceptors (Lipinski definition) is 5. The normalized spacial score (nSPS) is 10.5. The molecule has 0 saturated heterocycles. The fraction of sp³-hybridized carbons (Fsp3) is 0.200. The van der Waals surface area contributed by atoms with Gasteiger partial charge in [-0.15, -0.1) is 0 Å². The van der Waals surface area contributed by atoms with Crippen molar-refractivity contribution in [3.05, 3.63) is 23.8 Å². The number of carbonyl (C=O) groups excluding carboxylic acids is 1. The Bertz CT molecular complexity index is 507. The molecule has 0 saturated carbocycles. The molecule has 0 fully saturated rings. The van der Waals surface area contributed by atoms with Crippen LogP contribution in [0.2, 0.25) is 0 Å². The van der Waals surface area contributed by atoms with E-state index in [0.29, 0.717) is 17.2 Å². The van der Waals surface area contributed by atoms with Crippen LogP contribution in [0.5, 0.6) is 0 Å². The smallest absolute Gasteiger partial charge is 0.338 e. The molecule has 0 radical (unpaired) electrons. The van der Waals surface area contributed by atoms with Gasteiger partial charge < -0.3 is 10.5 Å². The molecule has 0 amide bonds. The maximum atomic E-state index is 11.4. The van der Waals surface area contributed by atoms with E-state index in [1.807, 2.05) is 0 Å². The van der Waals surface area contributed by atoms with Crippen LogP contribution in [0.1, 0.15) is 17.3 Å². The summed E-state index contributed by atoms with van der Waals surface area (Å²) in [6.07, 6.45) is 0. The summed E-state index contributed by atoms with van der Waals surface area (Å²) in [6, 6.07) is 5.18. The number of nitrogens with zero attached hydrogens (tertiary/aromatic N) is 1. The lowest BCUT2D eigenvalue weighted by Crippen LogP contribution is -2.04. The summed E-state index contributed by atoms with van der Waals surface area (Å²) < 4.78 is 9.03. The van der Waals surface area contributed by atoms with E-state index in [1.165, 1.54) is 11.5 Å². The number of anilines is 1. The summed E-state index contributed by atoms with van der Waals surface area (Å²) in [6.45, 7) is 2.14. The molecule has 15 heavy (non-hydrogen) atoms. The highest BCUT2D eigenvalue weighted by molar-refractivity contribution is 7.11. The second kappa shape index (κ2) is 3.86. The highest BCUT2D eigenvalue weighted by Crippen LogP contribution is 2.25. The highest BCUT2D eigenvalue weighted by Gasteiger charge is 2.09. The van der Waals surface area contributed by atoms with E-state index in [9.17, 15) is 4.79 Å². The van der Waals surface area contributed by atoms with E-state index in [-0.39, 0.29) is 5.97 Å². The molecule has 0 unspecified atom stereocenters. The lowest BCUT2D eigenvalue weighted by atomic mass is 10.1. The molecule has 0 bridgehead atoms. The Labute approximate surface area is 90.8 Å². The van der Waals surface area contributed by atoms with Gasteiger partial charge in [0, 0.05) is 5.39 Å². The zero-order chi connectivity index (χ0) is 10.8. The van der Waals surface area contributed by atoms with Gasteiger partial charge in [0.2, 0.25) is 0 Å². The number of esters is 1. The third-order valence-corrected chi connectivity index (χ3v) is 2.72. The van der Waals surface area contributed by atoms with Crippen molar-refractivity contribution >= 4 is 33.4 Å². The van der Waals surface area contributed by atoms with Gasteiger partial charge >= 0.3 is 5.97 Å². The molecule has 0 aliphatic heterocycles. The van der Waals surface area contributed by atoms with Crippen LogP contribution in [-0.2, 0) is 4.74 Å². The van der Waals surface area contributed by atoms with E-state index in [4.69, 9.17) is 10.5 Å². The van der Waals surface area contributed by atoms with Crippen LogP contribution in [0.4, 0.5) is 5.00 Å². The Morgan fingerprint density at radius 1 is 1.60 bits per heavy atom. The summed E-state index contributed by atoms with van der Waals surface area (Å²) in [5, 5.41) is 1.43. The standard InChI is InChI=1S/C10H10N2O2S/c1-2-14-10(13)6-3-4-8-7(5-6)9(11)15-12-8/h3-5H,2,11H2,1H3. The van der Waals surface area contributed by atoms with Crippen molar-refractivity contribution in [3.63, 3.8) is 0 Å². The predicted molar refractivity (Wildman–Crippen MR) is 60.0 cm³/mol. The molecule has 0 atom stereocenters. The van der Waals surface area contributed by atoms with Crippen molar-refractivity contribution in [2.24, 2.45) is 0 Å². The summed E-state index contributed by atoms with van der Waals surface area (Å²) in [5.74, 6) is -0.329. The zero-order valence-electron chi connectivity index (χ0n) is 8.19. The molecule has 4 nitrogen and oxygen atoms in total. The SMILES string of the molecule is CCOC(=O)c1ccc2nsc(N)c2c1. The van der Waals surface area contributed by atoms with Gasteiger partial charge in [0.1, 0.15) is 5.00 Å². The van der Waals surface area contributed by atoms with E-state index < -0.39 is 0 Å². The van der Waals surface area contributed by atoms with Gasteiger partial charge in [0.05, 0.1) is 17.7 Å². The van der Waals surface area contributed by atoms with Crippen molar-refractivity contribution in [1.29, 1.82) is 0 Å². The van der Waals surface area contributed by atoms with Gasteiger partial charge in [-0.2, -0.15) is 4.37 Å². The minimum Gasteiger partial charge on any atom is -0.462 e. The monoisotopic (exact) mass is 222 g/mol. The van der Waals surface area contributed by atoms with Crippen molar-refractivity contribution in [2.45, 2.75) is 6.92 Å². The van der Waals surface area contributed by atoms with E-state index in [2.05, 4.69) is 4.37 Å². The fourth-order valence-electron chi connectivity index (χ4n) is 1.30. The number of ether oxygens (including phenoxy) is 1. The molecule has 2 aromatic rings. The van der Waals surface area contributed by atoms with Crippen LogP contribution in [0.3, 0.4) is 0 Å². The maximum absolute atomic E-state index is 11.4. The largest absolute Gasteiger partial charge is 0.462 e. The van der Waals surface area contributed by atoms with Gasteiger partial charge in [-0.3, -0.25) is 0 Å². The summed E-state index contributed by atoms with van der Waals surface area (Å²) in [5.41, 5.74) is 7.04. The van der Waals surface area contributed by atoms with Gasteiger partial charge in [-0.25, -0.2) is 4.79 Å². The number of rotatable bonds is 2. The first-order valence-corrected chi connectivity index (χ1v) is 5.31. The third kappa shape index (κ3) is 1.78. The molecular weight excluding hydrogens is 212 g/mol. The number of nitrogen functional groups attached to an aromatic ring is 1. The lowest BCUT2D eigenvalue weighted by Gasteiger charge is -2.01. The Morgan fingerprint density at radius 2 is 2.40 bits per heavy atom. The molecule has 0 aliphatic carbocycles. The summed E-state index contributed by atoms with van der Waals surface area (Å²) >= 11 is 1.23. The third-order valence-electron chi connectivity index (χ3n) is 2.02. The maximum Gasteiger partial charge on any atom is 0.338 e. The van der Waals surface area contributed by atoms with Crippen LogP contribution in [-0.4, -0.2) is 16.9 Å². The van der Waals surface area contributed by atoms with Crippen molar-refractivity contribution in [2.75, 3.05) is 12.3 Å². The molecule has 0 spiro atoms. The quantitative estimate of drug-likeness (QED) is 0.790. The topological polar surface area (TPSA) is 65.2 Å². The predicted octanol–water partition coefficient (Wildman–Crippen LogP) is 2.06. The molecule has 1 heterocycles. The van der Waals surface area contributed by atoms with E-state index >= 15 is 0 Å². The first-order valence-electron chi connectivity index (χ1n) is 4.54. The van der Waals surface area contributed by atoms with Gasteiger partial charge in [0.15, 0.2) is 0 Å². The zero-order valence-corrected chi connectivity index (χ0v) is 9.00. The van der Waals surface area contributed by atoms with Crippen LogP contribution in [0.25, 0.3) is 10.9 Å². The van der Waals surface area contributed by atoms with Crippen LogP contribution in [0.15, 0.2) is 18.2 Å². The molecule has 2 rings (SSSR count). The number of nitrogens with two attached hydrogens (primary N) is 1. The summed E-state index contributed by atoms with van der Waals surface area (Å²) in [4.78, 5) is 11.4. The summed E-state index contributed by atoms with van der Waals surface area (Å²) in [7, 11) is 0. The van der Waals surface area contributed by atoms with Crippen LogP contribution >= 0.6 is 11.5 Å². The number of benzene rings is 1. The minimum absolute atomic E-state index is 0.329. The molecular formula is C10H10N2O2S. The Balaban J connectivity index is 2.45. The second-order valence-corrected chi connectivity index (χ2v) is 3.80.